The lowest BCUT2D eigenvalue weighted by Crippen LogP contribution is -2.50. The fraction of sp³-hybridized carbons (Fsp3) is 0.571. The molecule has 1 atom stereocenters. The van der Waals surface area contributed by atoms with Crippen molar-refractivity contribution >= 4 is 5.69 Å². The van der Waals surface area contributed by atoms with Gasteiger partial charge in [-0.05, 0) is 18.2 Å². The SMILES string of the molecule is OC(CN1CCN(c2cccc(C(F)(F)F)c2)CC1)C(F)(F)F. The highest BCUT2D eigenvalue weighted by atomic mass is 19.4. The zero-order chi connectivity index (χ0) is 17.3. The second kappa shape index (κ2) is 6.56. The van der Waals surface area contributed by atoms with Crippen LogP contribution in [0, 0.1) is 0 Å². The first-order valence-corrected chi connectivity index (χ1v) is 6.97. The number of anilines is 1. The van der Waals surface area contributed by atoms with Gasteiger partial charge in [0.25, 0.3) is 0 Å². The summed E-state index contributed by atoms with van der Waals surface area (Å²) in [6, 6.07) is 4.84. The second-order valence-electron chi connectivity index (χ2n) is 5.39. The maximum Gasteiger partial charge on any atom is 0.416 e. The van der Waals surface area contributed by atoms with Crippen molar-refractivity contribution in [1.82, 2.24) is 4.90 Å². The molecule has 3 nitrogen and oxygen atoms in total. The molecule has 2 rings (SSSR count). The van der Waals surface area contributed by atoms with Crippen LogP contribution in [0.3, 0.4) is 0 Å². The number of nitrogens with zero attached hydrogens (tertiary/aromatic N) is 2. The average Bonchev–Trinajstić information content (AvgIpc) is 2.46. The van der Waals surface area contributed by atoms with E-state index in [-0.39, 0.29) is 13.1 Å². The molecule has 23 heavy (non-hydrogen) atoms. The van der Waals surface area contributed by atoms with E-state index < -0.39 is 30.6 Å². The summed E-state index contributed by atoms with van der Waals surface area (Å²) < 4.78 is 75.0. The summed E-state index contributed by atoms with van der Waals surface area (Å²) in [4.78, 5) is 3.13. The number of hydrogen-bond donors (Lipinski definition) is 1. The molecule has 0 aliphatic carbocycles. The topological polar surface area (TPSA) is 26.7 Å². The third-order valence-electron chi connectivity index (χ3n) is 3.72. The number of benzene rings is 1. The van der Waals surface area contributed by atoms with Gasteiger partial charge >= 0.3 is 12.4 Å². The Balaban J connectivity index is 1.95. The molecule has 0 saturated carbocycles. The molecule has 1 fully saturated rings. The number of halogens is 6. The Labute approximate surface area is 129 Å². The average molecular weight is 342 g/mol. The Hall–Kier alpha value is -1.48. The Bertz CT molecular complexity index is 523. The smallest absolute Gasteiger partial charge is 0.382 e. The van der Waals surface area contributed by atoms with Crippen LogP contribution < -0.4 is 4.90 Å². The van der Waals surface area contributed by atoms with Crippen LogP contribution in [0.5, 0.6) is 0 Å². The number of β-amino-alcohol motifs (C(OH)–C–C–N with tert-alkyl or cyclic N) is 1. The van der Waals surface area contributed by atoms with Crippen molar-refractivity contribution in [3.8, 4) is 0 Å². The molecule has 1 unspecified atom stereocenters. The lowest BCUT2D eigenvalue weighted by atomic mass is 10.1. The van der Waals surface area contributed by atoms with Gasteiger partial charge in [0.05, 0.1) is 5.56 Å². The summed E-state index contributed by atoms with van der Waals surface area (Å²) in [5.41, 5.74) is -0.374. The van der Waals surface area contributed by atoms with Crippen LogP contribution in [0.15, 0.2) is 24.3 Å². The molecular weight excluding hydrogens is 326 g/mol. The Morgan fingerprint density at radius 3 is 2.13 bits per heavy atom. The van der Waals surface area contributed by atoms with E-state index in [4.69, 9.17) is 5.11 Å². The fourth-order valence-corrected chi connectivity index (χ4v) is 2.42. The maximum absolute atomic E-state index is 12.7. The van der Waals surface area contributed by atoms with Gasteiger partial charge in [0.2, 0.25) is 0 Å². The molecule has 1 saturated heterocycles. The maximum atomic E-state index is 12.7. The molecule has 1 aromatic rings. The Morgan fingerprint density at radius 2 is 1.61 bits per heavy atom. The van der Waals surface area contributed by atoms with Crippen molar-refractivity contribution < 1.29 is 31.4 Å². The number of rotatable bonds is 3. The third-order valence-corrected chi connectivity index (χ3v) is 3.72. The molecule has 0 amide bonds. The van der Waals surface area contributed by atoms with Gasteiger partial charge < -0.3 is 10.0 Å². The van der Waals surface area contributed by atoms with Crippen molar-refractivity contribution in [3.05, 3.63) is 29.8 Å². The van der Waals surface area contributed by atoms with Gasteiger partial charge in [-0.2, -0.15) is 26.3 Å². The van der Waals surface area contributed by atoms with E-state index >= 15 is 0 Å². The predicted molar refractivity (Wildman–Crippen MR) is 72.2 cm³/mol. The summed E-state index contributed by atoms with van der Waals surface area (Å²) in [5.74, 6) is 0. The normalized spacial score (nSPS) is 19.0. The molecule has 0 bridgehead atoms. The van der Waals surface area contributed by atoms with Gasteiger partial charge in [-0.1, -0.05) is 6.07 Å². The third kappa shape index (κ3) is 4.74. The Morgan fingerprint density at radius 1 is 1.00 bits per heavy atom. The zero-order valence-corrected chi connectivity index (χ0v) is 12.0. The number of piperazine rings is 1. The van der Waals surface area contributed by atoms with E-state index in [9.17, 15) is 26.3 Å². The van der Waals surface area contributed by atoms with Gasteiger partial charge in [0.15, 0.2) is 6.10 Å². The van der Waals surface area contributed by atoms with Crippen LogP contribution in [0.25, 0.3) is 0 Å². The molecule has 130 valence electrons. The molecule has 1 N–H and O–H groups in total. The minimum Gasteiger partial charge on any atom is -0.382 e. The quantitative estimate of drug-likeness (QED) is 0.856. The van der Waals surface area contributed by atoms with Crippen molar-refractivity contribution in [2.75, 3.05) is 37.6 Å². The summed E-state index contributed by atoms with van der Waals surface area (Å²) in [7, 11) is 0. The van der Waals surface area contributed by atoms with E-state index in [2.05, 4.69) is 0 Å². The lowest BCUT2D eigenvalue weighted by Gasteiger charge is -2.37. The molecule has 0 spiro atoms. The van der Waals surface area contributed by atoms with Crippen molar-refractivity contribution in [3.63, 3.8) is 0 Å². The molecule has 1 aliphatic heterocycles. The molecule has 1 aliphatic rings. The van der Waals surface area contributed by atoms with Crippen LogP contribution in [0.1, 0.15) is 5.56 Å². The zero-order valence-electron chi connectivity index (χ0n) is 12.0. The minimum absolute atomic E-state index is 0.239. The van der Waals surface area contributed by atoms with Gasteiger partial charge in [-0.25, -0.2) is 0 Å². The number of alkyl halides is 6. The van der Waals surface area contributed by atoms with Crippen LogP contribution in [0.2, 0.25) is 0 Å². The molecular formula is C14H16F6N2O. The second-order valence-corrected chi connectivity index (χ2v) is 5.39. The van der Waals surface area contributed by atoms with Crippen LogP contribution >= 0.6 is 0 Å². The fourth-order valence-electron chi connectivity index (χ4n) is 2.42. The standard InChI is InChI=1S/C14H16F6N2O/c15-13(16,17)10-2-1-3-11(8-10)22-6-4-21(5-7-22)9-12(23)14(18,19)20/h1-3,8,12,23H,4-7,9H2. The van der Waals surface area contributed by atoms with E-state index in [0.717, 1.165) is 12.1 Å². The Kier molecular flexibility index (Phi) is 5.10. The predicted octanol–water partition coefficient (Wildman–Crippen LogP) is 2.75. The van der Waals surface area contributed by atoms with Crippen molar-refractivity contribution in [2.45, 2.75) is 18.5 Å². The van der Waals surface area contributed by atoms with E-state index in [1.165, 1.54) is 17.0 Å². The summed E-state index contributed by atoms with van der Waals surface area (Å²) >= 11 is 0. The minimum atomic E-state index is -4.67. The highest BCUT2D eigenvalue weighted by molar-refractivity contribution is 5.49. The first kappa shape index (κ1) is 17.9. The van der Waals surface area contributed by atoms with E-state index in [0.29, 0.717) is 18.8 Å². The number of aliphatic hydroxyl groups excluding tert-OH is 1. The first-order valence-electron chi connectivity index (χ1n) is 6.97. The largest absolute Gasteiger partial charge is 0.416 e. The molecule has 1 aromatic carbocycles. The summed E-state index contributed by atoms with van der Waals surface area (Å²) in [5, 5.41) is 9.04. The van der Waals surface area contributed by atoms with Crippen LogP contribution in [-0.2, 0) is 6.18 Å². The highest BCUT2D eigenvalue weighted by Crippen LogP contribution is 2.32. The molecule has 0 radical (unpaired) electrons. The number of hydrogen-bond acceptors (Lipinski definition) is 3. The lowest BCUT2D eigenvalue weighted by molar-refractivity contribution is -0.208. The summed E-state index contributed by atoms with van der Waals surface area (Å²) in [6.45, 7) is 0.546. The summed E-state index contributed by atoms with van der Waals surface area (Å²) in [6.07, 6.45) is -11.5. The van der Waals surface area contributed by atoms with Crippen molar-refractivity contribution in [2.24, 2.45) is 0 Å². The van der Waals surface area contributed by atoms with Gasteiger partial charge in [-0.3, -0.25) is 4.90 Å². The highest BCUT2D eigenvalue weighted by Gasteiger charge is 2.39. The van der Waals surface area contributed by atoms with Crippen LogP contribution in [0.4, 0.5) is 32.0 Å². The van der Waals surface area contributed by atoms with Crippen molar-refractivity contribution in [1.29, 1.82) is 0 Å². The van der Waals surface area contributed by atoms with Gasteiger partial charge in [0.1, 0.15) is 0 Å². The first-order chi connectivity index (χ1) is 10.6. The molecule has 0 aromatic heterocycles. The molecule has 1 heterocycles. The van der Waals surface area contributed by atoms with Gasteiger partial charge in [-0.15, -0.1) is 0 Å². The van der Waals surface area contributed by atoms with Gasteiger partial charge in [0, 0.05) is 38.4 Å². The monoisotopic (exact) mass is 342 g/mol. The van der Waals surface area contributed by atoms with Crippen LogP contribution in [-0.4, -0.2) is 55.0 Å². The van der Waals surface area contributed by atoms with E-state index in [1.54, 1.807) is 4.90 Å². The molecule has 9 heteroatoms. The number of aliphatic hydroxyl groups is 1. The van der Waals surface area contributed by atoms with E-state index in [1.807, 2.05) is 0 Å².